The molecule has 2 rings (SSSR count). The van der Waals surface area contributed by atoms with Gasteiger partial charge in [-0.25, -0.2) is 9.59 Å². The van der Waals surface area contributed by atoms with Crippen LogP contribution in [0.2, 0.25) is 0 Å². The van der Waals surface area contributed by atoms with Crippen LogP contribution in [0, 0.1) is 0 Å². The van der Waals surface area contributed by atoms with Gasteiger partial charge in [-0.3, -0.25) is 0 Å². The van der Waals surface area contributed by atoms with E-state index in [-0.39, 0.29) is 11.5 Å². The summed E-state index contributed by atoms with van der Waals surface area (Å²) in [5.41, 5.74) is 0.467. The molecule has 1 fully saturated rings. The van der Waals surface area contributed by atoms with Gasteiger partial charge < -0.3 is 24.8 Å². The monoisotopic (exact) mass is 294 g/mol. The van der Waals surface area contributed by atoms with Crippen molar-refractivity contribution in [2.75, 3.05) is 0 Å². The van der Waals surface area contributed by atoms with Gasteiger partial charge in [-0.15, -0.1) is 0 Å². The first-order valence-electron chi connectivity index (χ1n) is 6.17. The number of aliphatic hydroxyl groups is 1. The number of rotatable bonds is 3. The van der Waals surface area contributed by atoms with Crippen molar-refractivity contribution in [3.8, 4) is 11.5 Å². The van der Waals surface area contributed by atoms with E-state index >= 15 is 0 Å². The molecule has 1 heterocycles. The molecule has 0 aromatic heterocycles. The number of carbonyl (C=O) groups excluding carboxylic acids is 2. The predicted molar refractivity (Wildman–Crippen MR) is 70.2 cm³/mol. The van der Waals surface area contributed by atoms with Gasteiger partial charge in [0.2, 0.25) is 0 Å². The molecule has 1 saturated heterocycles. The van der Waals surface area contributed by atoms with Crippen LogP contribution < -0.4 is 0 Å². The van der Waals surface area contributed by atoms with Crippen LogP contribution in [0.4, 0.5) is 0 Å². The highest BCUT2D eigenvalue weighted by atomic mass is 16.6. The number of aliphatic hydroxyl groups excluding tert-OH is 1. The van der Waals surface area contributed by atoms with E-state index in [1.165, 1.54) is 31.2 Å². The molecular weight excluding hydrogens is 280 g/mol. The molecule has 0 radical (unpaired) electrons. The molecule has 21 heavy (non-hydrogen) atoms. The molecule has 7 heteroatoms. The van der Waals surface area contributed by atoms with Crippen molar-refractivity contribution in [1.82, 2.24) is 0 Å². The Morgan fingerprint density at radius 1 is 1.33 bits per heavy atom. The van der Waals surface area contributed by atoms with Gasteiger partial charge in [-0.1, -0.05) is 6.07 Å². The zero-order valence-electron chi connectivity index (χ0n) is 11.1. The maximum Gasteiger partial charge on any atom is 0.339 e. The van der Waals surface area contributed by atoms with E-state index in [4.69, 9.17) is 14.6 Å². The molecule has 1 aliphatic rings. The van der Waals surface area contributed by atoms with Crippen LogP contribution in [0.25, 0.3) is 6.08 Å². The summed E-state index contributed by atoms with van der Waals surface area (Å²) in [5.74, 6) is -2.18. The average Bonchev–Trinajstić information content (AvgIpc) is 2.67. The number of carbonyl (C=O) groups is 2. The molecule has 0 bridgehead atoms. The van der Waals surface area contributed by atoms with Crippen LogP contribution in [0.15, 0.2) is 24.3 Å². The van der Waals surface area contributed by atoms with Gasteiger partial charge in [0.05, 0.1) is 0 Å². The van der Waals surface area contributed by atoms with E-state index in [0.717, 1.165) is 6.08 Å². The Labute approximate surface area is 120 Å². The first-order valence-corrected chi connectivity index (χ1v) is 6.17. The zero-order valence-corrected chi connectivity index (χ0v) is 11.1. The summed E-state index contributed by atoms with van der Waals surface area (Å²) in [5, 5.41) is 28.0. The number of ether oxygens (including phenoxy) is 2. The zero-order chi connectivity index (χ0) is 15.6. The van der Waals surface area contributed by atoms with Crippen molar-refractivity contribution in [2.24, 2.45) is 0 Å². The molecule has 3 N–H and O–H groups in total. The van der Waals surface area contributed by atoms with Crippen LogP contribution in [0.1, 0.15) is 12.5 Å². The molecular formula is C14H14O7. The number of phenolic OH excluding ortho intramolecular Hbond substituents is 2. The highest BCUT2D eigenvalue weighted by molar-refractivity contribution is 5.88. The molecule has 0 spiro atoms. The van der Waals surface area contributed by atoms with Gasteiger partial charge in [0.15, 0.2) is 23.7 Å². The molecule has 3 atom stereocenters. The van der Waals surface area contributed by atoms with E-state index in [0.29, 0.717) is 5.56 Å². The summed E-state index contributed by atoms with van der Waals surface area (Å²) in [7, 11) is 0. The summed E-state index contributed by atoms with van der Waals surface area (Å²) in [6.45, 7) is 1.51. The molecule has 112 valence electrons. The second kappa shape index (κ2) is 5.84. The normalized spacial score (nSPS) is 25.0. The lowest BCUT2D eigenvalue weighted by atomic mass is 10.1. The summed E-state index contributed by atoms with van der Waals surface area (Å²) >= 11 is 0. The van der Waals surface area contributed by atoms with Gasteiger partial charge in [-0.05, 0) is 30.7 Å². The first kappa shape index (κ1) is 14.9. The third-order valence-corrected chi connectivity index (χ3v) is 2.98. The molecule has 0 aliphatic carbocycles. The highest BCUT2D eigenvalue weighted by Gasteiger charge is 2.43. The van der Waals surface area contributed by atoms with Crippen molar-refractivity contribution in [2.45, 2.75) is 25.2 Å². The van der Waals surface area contributed by atoms with Crippen LogP contribution in [-0.2, 0) is 19.1 Å². The Morgan fingerprint density at radius 2 is 2.05 bits per heavy atom. The fourth-order valence-corrected chi connectivity index (χ4v) is 1.85. The molecule has 1 aromatic rings. The van der Waals surface area contributed by atoms with Gasteiger partial charge in [0.1, 0.15) is 6.10 Å². The Balaban J connectivity index is 1.99. The standard InChI is InChI=1S/C14H14O7/c1-7-13(12(18)14(19)20-7)21-11(17)5-3-8-2-4-9(15)10(16)6-8/h2-7,12-13,15-16,18H,1H3/b5-3+/t7-,12-,13-/m1/s1. The maximum absolute atomic E-state index is 11.6. The fourth-order valence-electron chi connectivity index (χ4n) is 1.85. The highest BCUT2D eigenvalue weighted by Crippen LogP contribution is 2.25. The van der Waals surface area contributed by atoms with E-state index in [9.17, 15) is 19.8 Å². The molecule has 0 amide bonds. The van der Waals surface area contributed by atoms with Crippen molar-refractivity contribution in [1.29, 1.82) is 0 Å². The van der Waals surface area contributed by atoms with Gasteiger partial charge in [0, 0.05) is 6.08 Å². The van der Waals surface area contributed by atoms with Crippen molar-refractivity contribution >= 4 is 18.0 Å². The Hall–Kier alpha value is -2.54. The third kappa shape index (κ3) is 3.32. The SMILES string of the molecule is C[C@H]1OC(=O)[C@H](O)[C@@H]1OC(=O)/C=C/c1ccc(O)c(O)c1. The number of esters is 2. The Morgan fingerprint density at radius 3 is 2.62 bits per heavy atom. The number of hydrogen-bond acceptors (Lipinski definition) is 7. The number of cyclic esters (lactones) is 1. The molecule has 7 nitrogen and oxygen atoms in total. The lowest BCUT2D eigenvalue weighted by Gasteiger charge is -2.14. The van der Waals surface area contributed by atoms with Crippen molar-refractivity contribution in [3.63, 3.8) is 0 Å². The number of benzene rings is 1. The van der Waals surface area contributed by atoms with E-state index in [1.807, 2.05) is 0 Å². The Bertz CT molecular complexity index is 593. The Kier molecular flexibility index (Phi) is 4.13. The average molecular weight is 294 g/mol. The molecule has 1 aliphatic heterocycles. The lowest BCUT2D eigenvalue weighted by Crippen LogP contribution is -2.34. The lowest BCUT2D eigenvalue weighted by molar-refractivity contribution is -0.149. The number of hydrogen-bond donors (Lipinski definition) is 3. The van der Waals surface area contributed by atoms with E-state index < -0.39 is 30.3 Å². The molecule has 0 unspecified atom stereocenters. The third-order valence-electron chi connectivity index (χ3n) is 2.98. The topological polar surface area (TPSA) is 113 Å². The minimum Gasteiger partial charge on any atom is -0.504 e. The molecule has 0 saturated carbocycles. The van der Waals surface area contributed by atoms with Crippen LogP contribution in [-0.4, -0.2) is 45.6 Å². The van der Waals surface area contributed by atoms with E-state index in [2.05, 4.69) is 0 Å². The first-order chi connectivity index (χ1) is 9.88. The van der Waals surface area contributed by atoms with Crippen LogP contribution >= 0.6 is 0 Å². The summed E-state index contributed by atoms with van der Waals surface area (Å²) in [4.78, 5) is 22.7. The van der Waals surface area contributed by atoms with E-state index in [1.54, 1.807) is 0 Å². The van der Waals surface area contributed by atoms with Crippen LogP contribution in [0.3, 0.4) is 0 Å². The van der Waals surface area contributed by atoms with Crippen molar-refractivity contribution in [3.05, 3.63) is 29.8 Å². The minimum atomic E-state index is -1.49. The second-order valence-electron chi connectivity index (χ2n) is 4.57. The van der Waals surface area contributed by atoms with Crippen LogP contribution in [0.5, 0.6) is 11.5 Å². The summed E-state index contributed by atoms with van der Waals surface area (Å²) < 4.78 is 9.68. The van der Waals surface area contributed by atoms with Gasteiger partial charge >= 0.3 is 11.9 Å². The smallest absolute Gasteiger partial charge is 0.339 e. The summed E-state index contributed by atoms with van der Waals surface area (Å²) in [6, 6.07) is 4.02. The largest absolute Gasteiger partial charge is 0.504 e. The van der Waals surface area contributed by atoms with Crippen molar-refractivity contribution < 1.29 is 34.4 Å². The fraction of sp³-hybridized carbons (Fsp3) is 0.286. The van der Waals surface area contributed by atoms with Gasteiger partial charge in [-0.2, -0.15) is 0 Å². The maximum atomic E-state index is 11.6. The molecule has 1 aromatic carbocycles. The van der Waals surface area contributed by atoms with Gasteiger partial charge in [0.25, 0.3) is 0 Å². The quantitative estimate of drug-likeness (QED) is 0.418. The minimum absolute atomic E-state index is 0.270. The predicted octanol–water partition coefficient (Wildman–Crippen LogP) is 0.329. The second-order valence-corrected chi connectivity index (χ2v) is 4.57. The number of aromatic hydroxyl groups is 2. The summed E-state index contributed by atoms with van der Waals surface area (Å²) in [6.07, 6.45) is -0.829. The number of phenols is 2.